The van der Waals surface area contributed by atoms with Crippen molar-refractivity contribution in [2.24, 2.45) is 5.73 Å². The summed E-state index contributed by atoms with van der Waals surface area (Å²) in [5, 5.41) is 4.21. The van der Waals surface area contributed by atoms with E-state index in [0.717, 1.165) is 36.0 Å². The number of piperidine rings is 1. The van der Waals surface area contributed by atoms with Crippen LogP contribution in [0.4, 0.5) is 4.39 Å². The molecule has 2 fully saturated rings. The number of carbonyl (C=O) groups is 1. The summed E-state index contributed by atoms with van der Waals surface area (Å²) in [5.74, 6) is -0.691. The highest BCUT2D eigenvalue weighted by Gasteiger charge is 2.29. The quantitative estimate of drug-likeness (QED) is 0.380. The van der Waals surface area contributed by atoms with Crippen LogP contribution in [0.25, 0.3) is 22.0 Å². The monoisotopic (exact) mass is 542 g/mol. The Balaban J connectivity index is 1.43. The molecule has 10 heteroatoms. The second-order valence-corrected chi connectivity index (χ2v) is 12.5. The van der Waals surface area contributed by atoms with Gasteiger partial charge in [0.05, 0.1) is 22.9 Å². The fourth-order valence-corrected chi connectivity index (χ4v) is 6.81. The molecule has 0 saturated carbocycles. The molecule has 204 valence electrons. The molecule has 0 spiro atoms. The Hall–Kier alpha value is -2.79. The van der Waals surface area contributed by atoms with Crippen molar-refractivity contribution in [3.05, 3.63) is 59.0 Å². The van der Waals surface area contributed by atoms with Crippen LogP contribution < -0.4 is 11.1 Å². The van der Waals surface area contributed by atoms with Gasteiger partial charge >= 0.3 is 0 Å². The Morgan fingerprint density at radius 2 is 1.92 bits per heavy atom. The van der Waals surface area contributed by atoms with Crippen LogP contribution in [0.1, 0.15) is 60.0 Å². The molecule has 38 heavy (non-hydrogen) atoms. The number of primary amides is 1. The van der Waals surface area contributed by atoms with Gasteiger partial charge in [0.25, 0.3) is 5.91 Å². The predicted molar refractivity (Wildman–Crippen MR) is 146 cm³/mol. The molecule has 0 aliphatic carbocycles. The number of nitrogens with one attached hydrogen (secondary N) is 2. The molecular formula is C28H35FN4O4S. The smallest absolute Gasteiger partial charge is 0.250 e. The second-order valence-electron chi connectivity index (χ2n) is 10.2. The first-order chi connectivity index (χ1) is 18.2. The normalized spacial score (nSPS) is 19.4. The van der Waals surface area contributed by atoms with Crippen LogP contribution in [0.2, 0.25) is 0 Å². The highest BCUT2D eigenvalue weighted by Crippen LogP contribution is 2.37. The van der Waals surface area contributed by atoms with Crippen molar-refractivity contribution < 1.29 is 22.3 Å². The first-order valence-electron chi connectivity index (χ1n) is 13.3. The number of H-pyrrole nitrogens is 1. The van der Waals surface area contributed by atoms with Gasteiger partial charge < -0.3 is 20.8 Å². The lowest BCUT2D eigenvalue weighted by atomic mass is 9.88. The van der Waals surface area contributed by atoms with Gasteiger partial charge in [-0.2, -0.15) is 0 Å². The third kappa shape index (κ3) is 5.63. The van der Waals surface area contributed by atoms with E-state index in [1.807, 2.05) is 18.3 Å². The second kappa shape index (κ2) is 11.1. The number of nitrogens with two attached hydrogens (primary N) is 1. The van der Waals surface area contributed by atoms with Gasteiger partial charge in [-0.25, -0.2) is 17.1 Å². The van der Waals surface area contributed by atoms with E-state index >= 15 is 0 Å². The van der Waals surface area contributed by atoms with E-state index in [4.69, 9.17) is 10.5 Å². The van der Waals surface area contributed by atoms with Crippen molar-refractivity contribution in [1.82, 2.24) is 14.6 Å². The van der Waals surface area contributed by atoms with Gasteiger partial charge in [0.1, 0.15) is 5.82 Å². The molecule has 2 aliphatic heterocycles. The molecule has 4 N–H and O–H groups in total. The SMILES string of the molecule is CCS(=O)(=O)N1CCC(c2c[nH]c3c(C(N)=O)cc(-c4cc(F)cc(CNC[C@@H]5CCCO5)c4)cc23)CC1. The summed E-state index contributed by atoms with van der Waals surface area (Å²) in [7, 11) is -3.22. The van der Waals surface area contributed by atoms with Crippen LogP contribution >= 0.6 is 0 Å². The average Bonchev–Trinajstić information content (AvgIpc) is 3.58. The van der Waals surface area contributed by atoms with E-state index in [-0.39, 0.29) is 23.6 Å². The number of fused-ring (bicyclic) bond motifs is 1. The van der Waals surface area contributed by atoms with E-state index < -0.39 is 15.9 Å². The lowest BCUT2D eigenvalue weighted by Gasteiger charge is -2.31. The zero-order chi connectivity index (χ0) is 26.9. The molecule has 3 aromatic rings. The van der Waals surface area contributed by atoms with Gasteiger partial charge in [-0.1, -0.05) is 0 Å². The fourth-order valence-electron chi connectivity index (χ4n) is 5.68. The first-order valence-corrected chi connectivity index (χ1v) is 14.9. The van der Waals surface area contributed by atoms with Crippen LogP contribution in [-0.2, 0) is 21.3 Å². The molecule has 0 unspecified atom stereocenters. The van der Waals surface area contributed by atoms with E-state index in [1.54, 1.807) is 17.3 Å². The molecule has 0 radical (unpaired) electrons. The molecule has 1 aromatic heterocycles. The Morgan fingerprint density at radius 3 is 2.61 bits per heavy atom. The minimum absolute atomic E-state index is 0.0928. The van der Waals surface area contributed by atoms with E-state index in [9.17, 15) is 17.6 Å². The fraction of sp³-hybridized carbons (Fsp3) is 0.464. The Bertz CT molecular complexity index is 1420. The minimum atomic E-state index is -3.22. The van der Waals surface area contributed by atoms with Gasteiger partial charge in [-0.3, -0.25) is 4.79 Å². The number of carbonyl (C=O) groups excluding carboxylic acids is 1. The molecule has 3 heterocycles. The molecule has 2 aromatic carbocycles. The Labute approximate surface area is 222 Å². The van der Waals surface area contributed by atoms with Gasteiger partial charge in [-0.05, 0) is 91.1 Å². The molecule has 5 rings (SSSR count). The number of amides is 1. The summed E-state index contributed by atoms with van der Waals surface area (Å²) >= 11 is 0. The van der Waals surface area contributed by atoms with Crippen LogP contribution in [0.15, 0.2) is 36.5 Å². The molecule has 1 atom stereocenters. The Morgan fingerprint density at radius 1 is 1.16 bits per heavy atom. The minimum Gasteiger partial charge on any atom is -0.377 e. The zero-order valence-corrected chi connectivity index (χ0v) is 22.5. The number of aromatic amines is 1. The van der Waals surface area contributed by atoms with E-state index in [0.29, 0.717) is 61.2 Å². The zero-order valence-electron chi connectivity index (χ0n) is 21.6. The number of hydrogen-bond donors (Lipinski definition) is 3. The summed E-state index contributed by atoms with van der Waals surface area (Å²) < 4.78 is 46.5. The number of rotatable bonds is 9. The third-order valence-corrected chi connectivity index (χ3v) is 9.64. The lowest BCUT2D eigenvalue weighted by molar-refractivity contribution is 0.100. The number of sulfonamides is 1. The van der Waals surface area contributed by atoms with Crippen molar-refractivity contribution in [2.75, 3.05) is 32.0 Å². The average molecular weight is 543 g/mol. The summed E-state index contributed by atoms with van der Waals surface area (Å²) in [6.07, 6.45) is 5.56. The maximum atomic E-state index is 14.7. The van der Waals surface area contributed by atoms with Crippen molar-refractivity contribution >= 4 is 26.8 Å². The van der Waals surface area contributed by atoms with Gasteiger partial charge in [0.2, 0.25) is 10.0 Å². The van der Waals surface area contributed by atoms with Crippen molar-refractivity contribution in [3.63, 3.8) is 0 Å². The topological polar surface area (TPSA) is 118 Å². The van der Waals surface area contributed by atoms with E-state index in [1.165, 1.54) is 12.1 Å². The maximum Gasteiger partial charge on any atom is 0.250 e. The van der Waals surface area contributed by atoms with Gasteiger partial charge in [0, 0.05) is 44.4 Å². The van der Waals surface area contributed by atoms with Crippen LogP contribution in [-0.4, -0.2) is 61.7 Å². The summed E-state index contributed by atoms with van der Waals surface area (Å²) in [5.41, 5.74) is 9.94. The van der Waals surface area contributed by atoms with Gasteiger partial charge in [-0.15, -0.1) is 0 Å². The number of benzene rings is 2. The van der Waals surface area contributed by atoms with Crippen LogP contribution in [0.3, 0.4) is 0 Å². The van der Waals surface area contributed by atoms with Crippen molar-refractivity contribution in [3.8, 4) is 11.1 Å². The van der Waals surface area contributed by atoms with Crippen LogP contribution in [0.5, 0.6) is 0 Å². The van der Waals surface area contributed by atoms with E-state index in [2.05, 4.69) is 10.3 Å². The predicted octanol–water partition coefficient (Wildman–Crippen LogP) is 3.87. The lowest BCUT2D eigenvalue weighted by Crippen LogP contribution is -2.38. The standard InChI is InChI=1S/C28H35FN4O4S/c1-2-38(35,36)33-7-5-19(6-8-33)26-17-32-27-24(26)13-21(14-25(27)28(30)34)20-10-18(11-22(29)12-20)15-31-16-23-4-3-9-37-23/h10-14,17,19,23,31-32H,2-9,15-16H2,1H3,(H2,30,34)/t23-/m0/s1. The number of aromatic nitrogens is 1. The molecular weight excluding hydrogens is 507 g/mol. The molecule has 0 bridgehead atoms. The Kier molecular flexibility index (Phi) is 7.85. The maximum absolute atomic E-state index is 14.7. The number of ether oxygens (including phenoxy) is 1. The highest BCUT2D eigenvalue weighted by atomic mass is 32.2. The summed E-state index contributed by atoms with van der Waals surface area (Å²) in [4.78, 5) is 15.6. The third-order valence-electron chi connectivity index (χ3n) is 7.75. The number of halogens is 1. The largest absolute Gasteiger partial charge is 0.377 e. The van der Waals surface area contributed by atoms with Crippen molar-refractivity contribution in [1.29, 1.82) is 0 Å². The number of hydrogen-bond acceptors (Lipinski definition) is 5. The van der Waals surface area contributed by atoms with Crippen LogP contribution in [0, 0.1) is 5.82 Å². The molecule has 2 saturated heterocycles. The molecule has 2 aliphatic rings. The molecule has 1 amide bonds. The summed E-state index contributed by atoms with van der Waals surface area (Å²) in [6, 6.07) is 8.59. The molecule has 8 nitrogen and oxygen atoms in total. The highest BCUT2D eigenvalue weighted by molar-refractivity contribution is 7.89. The number of nitrogens with zero attached hydrogens (tertiary/aromatic N) is 1. The van der Waals surface area contributed by atoms with Gasteiger partial charge in [0.15, 0.2) is 0 Å². The summed E-state index contributed by atoms with van der Waals surface area (Å²) in [6.45, 7) is 4.59. The first kappa shape index (κ1) is 26.8. The van der Waals surface area contributed by atoms with Crippen molar-refractivity contribution in [2.45, 2.75) is 51.2 Å².